The van der Waals surface area contributed by atoms with Crippen LogP contribution in [-0.2, 0) is 11.2 Å². The van der Waals surface area contributed by atoms with Gasteiger partial charge in [-0.1, -0.05) is 17.2 Å². The summed E-state index contributed by atoms with van der Waals surface area (Å²) in [6.45, 7) is 0. The van der Waals surface area contributed by atoms with Gasteiger partial charge in [0, 0.05) is 24.5 Å². The first-order valence-electron chi connectivity index (χ1n) is 7.02. The van der Waals surface area contributed by atoms with Crippen molar-refractivity contribution in [3.63, 3.8) is 0 Å². The Hall–Kier alpha value is -3.22. The molecule has 0 radical (unpaired) electrons. The maximum absolute atomic E-state index is 10.5. The monoisotopic (exact) mass is 310 g/mol. The Morgan fingerprint density at radius 1 is 1.04 bits per heavy atom. The number of aryl methyl sites for hydroxylation is 1. The molecular formula is C16H14N4O3. The molecule has 0 saturated heterocycles. The van der Waals surface area contributed by atoms with E-state index in [1.165, 1.54) is 0 Å². The van der Waals surface area contributed by atoms with Crippen LogP contribution in [0.2, 0.25) is 0 Å². The van der Waals surface area contributed by atoms with Crippen molar-refractivity contribution in [1.82, 2.24) is 15.2 Å². The summed E-state index contributed by atoms with van der Waals surface area (Å²) in [5, 5.41) is 19.3. The molecule has 1 aromatic carbocycles. The molecule has 0 spiro atoms. The fourth-order valence-electron chi connectivity index (χ4n) is 2.03. The molecule has 0 aliphatic carbocycles. The van der Waals surface area contributed by atoms with Crippen LogP contribution in [0.15, 0.2) is 53.2 Å². The molecule has 7 nitrogen and oxygen atoms in total. The molecule has 3 rings (SSSR count). The quantitative estimate of drug-likeness (QED) is 0.721. The molecular weight excluding hydrogens is 296 g/mol. The second-order valence-electron chi connectivity index (χ2n) is 4.83. The number of benzene rings is 1. The minimum absolute atomic E-state index is 0.0394. The summed E-state index contributed by atoms with van der Waals surface area (Å²) in [7, 11) is 0. The summed E-state index contributed by atoms with van der Waals surface area (Å²) in [6, 6.07) is 11.9. The average Bonchev–Trinajstić information content (AvgIpc) is 3.02. The lowest BCUT2D eigenvalue weighted by Crippen LogP contribution is -1.97. The van der Waals surface area contributed by atoms with Crippen molar-refractivity contribution in [2.75, 3.05) is 5.32 Å². The fourth-order valence-corrected chi connectivity index (χ4v) is 2.03. The minimum atomic E-state index is -0.899. The summed E-state index contributed by atoms with van der Waals surface area (Å²) in [5.41, 5.74) is 2.96. The van der Waals surface area contributed by atoms with Gasteiger partial charge in [-0.05, 0) is 35.4 Å². The highest BCUT2D eigenvalue weighted by Gasteiger charge is 2.08. The van der Waals surface area contributed by atoms with E-state index in [1.807, 2.05) is 36.4 Å². The lowest BCUT2D eigenvalue weighted by molar-refractivity contribution is -0.137. The molecule has 0 aliphatic rings. The smallest absolute Gasteiger partial charge is 0.320 e. The molecule has 3 aromatic rings. The average molecular weight is 310 g/mol. The van der Waals surface area contributed by atoms with Crippen molar-refractivity contribution in [2.24, 2.45) is 0 Å². The molecule has 2 N–H and O–H groups in total. The van der Waals surface area contributed by atoms with Crippen molar-refractivity contribution in [3.05, 3.63) is 54.7 Å². The van der Waals surface area contributed by atoms with Gasteiger partial charge < -0.3 is 14.8 Å². The van der Waals surface area contributed by atoms with Crippen molar-refractivity contribution >= 4 is 17.7 Å². The van der Waals surface area contributed by atoms with Crippen molar-refractivity contribution in [3.8, 4) is 11.1 Å². The third-order valence-corrected chi connectivity index (χ3v) is 3.17. The number of rotatable bonds is 6. The van der Waals surface area contributed by atoms with Crippen LogP contribution < -0.4 is 5.32 Å². The van der Waals surface area contributed by atoms with E-state index in [1.54, 1.807) is 12.4 Å². The number of nitrogens with one attached hydrogen (secondary N) is 1. The van der Waals surface area contributed by atoms with E-state index in [9.17, 15) is 4.79 Å². The largest absolute Gasteiger partial charge is 0.481 e. The summed E-state index contributed by atoms with van der Waals surface area (Å²) in [4.78, 5) is 14.5. The Balaban J connectivity index is 1.65. The second-order valence-corrected chi connectivity index (χ2v) is 4.83. The predicted molar refractivity (Wildman–Crippen MR) is 83.2 cm³/mol. The first-order chi connectivity index (χ1) is 11.2. The van der Waals surface area contributed by atoms with Crippen molar-refractivity contribution in [2.45, 2.75) is 12.8 Å². The van der Waals surface area contributed by atoms with Gasteiger partial charge in [0.05, 0.1) is 6.42 Å². The van der Waals surface area contributed by atoms with Gasteiger partial charge in [0.1, 0.15) is 0 Å². The lowest BCUT2D eigenvalue weighted by atomic mass is 10.1. The highest BCUT2D eigenvalue weighted by molar-refractivity contribution is 5.67. The standard InChI is InChI=1S/C16H14N4O3/c21-15(22)6-5-14-19-20-16(23-14)18-13-3-1-11(2-4-13)12-7-9-17-10-8-12/h1-4,7-10H,5-6H2,(H,18,20)(H,21,22). The molecule has 0 bridgehead atoms. The molecule has 0 unspecified atom stereocenters. The molecule has 2 heterocycles. The maximum Gasteiger partial charge on any atom is 0.320 e. The van der Waals surface area contributed by atoms with Gasteiger partial charge in [-0.2, -0.15) is 0 Å². The number of nitrogens with zero attached hydrogens (tertiary/aromatic N) is 3. The van der Waals surface area contributed by atoms with E-state index in [0.717, 1.165) is 16.8 Å². The first kappa shape index (κ1) is 14.7. The number of carboxylic acids is 1. The SMILES string of the molecule is O=C(O)CCc1nnc(Nc2ccc(-c3ccncc3)cc2)o1. The van der Waals surface area contributed by atoms with Crippen LogP contribution in [0.3, 0.4) is 0 Å². The summed E-state index contributed by atoms with van der Waals surface area (Å²) in [6.07, 6.45) is 3.67. The zero-order valence-corrected chi connectivity index (χ0v) is 12.1. The van der Waals surface area contributed by atoms with Crippen LogP contribution in [0.25, 0.3) is 11.1 Å². The number of hydrogen-bond donors (Lipinski definition) is 2. The number of carbonyl (C=O) groups is 1. The van der Waals surface area contributed by atoms with E-state index in [2.05, 4.69) is 20.5 Å². The fraction of sp³-hybridized carbons (Fsp3) is 0.125. The molecule has 2 aromatic heterocycles. The van der Waals surface area contributed by atoms with Gasteiger partial charge in [0.25, 0.3) is 0 Å². The van der Waals surface area contributed by atoms with Gasteiger partial charge in [-0.3, -0.25) is 9.78 Å². The zero-order valence-electron chi connectivity index (χ0n) is 12.1. The normalized spacial score (nSPS) is 10.4. The van der Waals surface area contributed by atoms with E-state index < -0.39 is 5.97 Å². The number of hydrogen-bond acceptors (Lipinski definition) is 6. The van der Waals surface area contributed by atoms with Gasteiger partial charge in [-0.25, -0.2) is 0 Å². The molecule has 0 fully saturated rings. The second kappa shape index (κ2) is 6.69. The van der Waals surface area contributed by atoms with E-state index in [-0.39, 0.29) is 18.9 Å². The molecule has 0 saturated carbocycles. The maximum atomic E-state index is 10.5. The van der Waals surface area contributed by atoms with Crippen LogP contribution in [0.5, 0.6) is 0 Å². The summed E-state index contributed by atoms with van der Waals surface area (Å²) >= 11 is 0. The zero-order chi connectivity index (χ0) is 16.1. The van der Waals surface area contributed by atoms with Crippen LogP contribution in [0.1, 0.15) is 12.3 Å². The van der Waals surface area contributed by atoms with Gasteiger partial charge >= 0.3 is 12.0 Å². The van der Waals surface area contributed by atoms with Crippen LogP contribution in [-0.4, -0.2) is 26.3 Å². The summed E-state index contributed by atoms with van der Waals surface area (Å²) in [5.74, 6) is -0.604. The Labute approximate surface area is 132 Å². The Morgan fingerprint density at radius 3 is 2.43 bits per heavy atom. The van der Waals surface area contributed by atoms with Gasteiger partial charge in [-0.15, -0.1) is 5.10 Å². The minimum Gasteiger partial charge on any atom is -0.481 e. The number of pyridine rings is 1. The van der Waals surface area contributed by atoms with Crippen LogP contribution in [0.4, 0.5) is 11.7 Å². The van der Waals surface area contributed by atoms with E-state index in [4.69, 9.17) is 9.52 Å². The van der Waals surface area contributed by atoms with E-state index in [0.29, 0.717) is 5.89 Å². The molecule has 7 heteroatoms. The van der Waals surface area contributed by atoms with Crippen molar-refractivity contribution in [1.29, 1.82) is 0 Å². The summed E-state index contributed by atoms with van der Waals surface area (Å²) < 4.78 is 5.35. The molecule has 0 aliphatic heterocycles. The first-order valence-corrected chi connectivity index (χ1v) is 7.02. The highest BCUT2D eigenvalue weighted by Crippen LogP contribution is 2.22. The molecule has 0 atom stereocenters. The lowest BCUT2D eigenvalue weighted by Gasteiger charge is -2.04. The number of carboxylic acid groups (broad SMARTS) is 1. The third-order valence-electron chi connectivity index (χ3n) is 3.17. The number of aromatic nitrogens is 3. The molecule has 23 heavy (non-hydrogen) atoms. The van der Waals surface area contributed by atoms with Crippen LogP contribution >= 0.6 is 0 Å². The Kier molecular flexibility index (Phi) is 4.28. The number of anilines is 2. The Morgan fingerprint density at radius 2 is 1.74 bits per heavy atom. The Bertz CT molecular complexity index is 785. The highest BCUT2D eigenvalue weighted by atomic mass is 16.4. The third kappa shape index (κ3) is 3.91. The van der Waals surface area contributed by atoms with Gasteiger partial charge in [0.15, 0.2) is 0 Å². The van der Waals surface area contributed by atoms with E-state index >= 15 is 0 Å². The molecule has 0 amide bonds. The molecule has 116 valence electrons. The predicted octanol–water partition coefficient (Wildman–Crippen LogP) is 2.89. The number of aliphatic carboxylic acids is 1. The van der Waals surface area contributed by atoms with Gasteiger partial charge in [0.2, 0.25) is 5.89 Å². The van der Waals surface area contributed by atoms with Crippen molar-refractivity contribution < 1.29 is 14.3 Å². The van der Waals surface area contributed by atoms with Crippen LogP contribution in [0, 0.1) is 0 Å². The topological polar surface area (TPSA) is 101 Å².